The number of nitrogens with one attached hydrogen (secondary N) is 2. The first-order valence-corrected chi connectivity index (χ1v) is 9.95. The smallest absolute Gasteiger partial charge is 0.225 e. The maximum Gasteiger partial charge on any atom is 0.225 e. The first kappa shape index (κ1) is 20.5. The van der Waals surface area contributed by atoms with E-state index in [0.29, 0.717) is 17.8 Å². The van der Waals surface area contributed by atoms with E-state index < -0.39 is 16.7 Å². The second kappa shape index (κ2) is 8.72. The van der Waals surface area contributed by atoms with E-state index in [1.165, 1.54) is 11.3 Å². The van der Waals surface area contributed by atoms with Crippen LogP contribution in [0.2, 0.25) is 0 Å². The van der Waals surface area contributed by atoms with Crippen molar-refractivity contribution in [2.24, 2.45) is 5.41 Å². The number of aliphatic hydroxyl groups excluding tert-OH is 1. The van der Waals surface area contributed by atoms with Crippen LogP contribution in [0, 0.1) is 5.41 Å². The van der Waals surface area contributed by atoms with E-state index in [2.05, 4.69) is 15.0 Å². The second-order valence-electron chi connectivity index (χ2n) is 6.85. The number of rotatable bonds is 7. The van der Waals surface area contributed by atoms with Gasteiger partial charge in [0.15, 0.2) is 0 Å². The van der Waals surface area contributed by atoms with Crippen molar-refractivity contribution in [2.75, 3.05) is 4.72 Å². The second-order valence-corrected chi connectivity index (χ2v) is 8.41. The van der Waals surface area contributed by atoms with E-state index in [9.17, 15) is 18.7 Å². The first-order chi connectivity index (χ1) is 12.2. The predicted molar refractivity (Wildman–Crippen MR) is 101 cm³/mol. The SMILES string of the molecule is CC(C)(C)C(=O)N[C@@H](Cc1ccc(NS(=O)[O-])cc1)c1nc(CO)cs1. The Hall–Kier alpha value is -1.81. The molecule has 26 heavy (non-hydrogen) atoms. The van der Waals surface area contributed by atoms with Crippen molar-refractivity contribution < 1.29 is 18.7 Å². The number of anilines is 1. The fourth-order valence-corrected chi connectivity index (χ4v) is 3.36. The van der Waals surface area contributed by atoms with Gasteiger partial charge >= 0.3 is 0 Å². The maximum absolute atomic E-state index is 12.4. The van der Waals surface area contributed by atoms with Gasteiger partial charge in [-0.05, 0) is 24.1 Å². The van der Waals surface area contributed by atoms with Crippen molar-refractivity contribution in [3.8, 4) is 0 Å². The van der Waals surface area contributed by atoms with E-state index in [1.807, 2.05) is 20.8 Å². The number of benzene rings is 1. The van der Waals surface area contributed by atoms with Gasteiger partial charge in [0.25, 0.3) is 0 Å². The van der Waals surface area contributed by atoms with Crippen LogP contribution >= 0.6 is 11.3 Å². The molecule has 2 rings (SSSR count). The minimum absolute atomic E-state index is 0.0942. The van der Waals surface area contributed by atoms with Gasteiger partial charge in [0, 0.05) is 27.7 Å². The minimum atomic E-state index is -2.37. The zero-order chi connectivity index (χ0) is 19.3. The Labute approximate surface area is 159 Å². The van der Waals surface area contributed by atoms with Gasteiger partial charge in [0.05, 0.1) is 18.3 Å². The van der Waals surface area contributed by atoms with Gasteiger partial charge in [-0.2, -0.15) is 0 Å². The molecule has 0 aliphatic rings. The van der Waals surface area contributed by atoms with Crippen LogP contribution in [0.3, 0.4) is 0 Å². The molecule has 7 nitrogen and oxygen atoms in total. The Kier molecular flexibility index (Phi) is 6.87. The van der Waals surface area contributed by atoms with Gasteiger partial charge in [-0.25, -0.2) is 4.98 Å². The average molecular weight is 397 g/mol. The van der Waals surface area contributed by atoms with Gasteiger partial charge in [-0.15, -0.1) is 11.3 Å². The predicted octanol–water partition coefficient (Wildman–Crippen LogP) is 2.29. The number of amides is 1. The van der Waals surface area contributed by atoms with Crippen LogP contribution < -0.4 is 10.0 Å². The monoisotopic (exact) mass is 396 g/mol. The molecule has 0 bridgehead atoms. The van der Waals surface area contributed by atoms with Gasteiger partial charge in [0.2, 0.25) is 5.91 Å². The molecule has 0 saturated carbocycles. The minimum Gasteiger partial charge on any atom is -0.755 e. The highest BCUT2D eigenvalue weighted by molar-refractivity contribution is 7.80. The summed E-state index contributed by atoms with van der Waals surface area (Å²) in [5.41, 5.74) is 1.42. The molecule has 2 atom stereocenters. The third kappa shape index (κ3) is 5.87. The summed E-state index contributed by atoms with van der Waals surface area (Å²) in [7, 11) is 0. The molecule has 2 aromatic rings. The maximum atomic E-state index is 12.4. The number of carbonyl (C=O) groups excluding carboxylic acids is 1. The fraction of sp³-hybridized carbons (Fsp3) is 0.412. The number of carbonyl (C=O) groups is 1. The summed E-state index contributed by atoms with van der Waals surface area (Å²) in [5, 5.41) is 14.7. The molecule has 0 aliphatic carbocycles. The van der Waals surface area contributed by atoms with Crippen LogP contribution in [0.15, 0.2) is 29.6 Å². The van der Waals surface area contributed by atoms with E-state index in [4.69, 9.17) is 0 Å². The zero-order valence-corrected chi connectivity index (χ0v) is 16.4. The summed E-state index contributed by atoms with van der Waals surface area (Å²) in [5.74, 6) is -0.0942. The van der Waals surface area contributed by atoms with Crippen LogP contribution in [-0.2, 0) is 29.1 Å². The van der Waals surface area contributed by atoms with Crippen molar-refractivity contribution in [3.05, 3.63) is 45.9 Å². The summed E-state index contributed by atoms with van der Waals surface area (Å²) < 4.78 is 23.6. The van der Waals surface area contributed by atoms with Crippen LogP contribution in [-0.4, -0.2) is 24.8 Å². The van der Waals surface area contributed by atoms with Crippen LogP contribution in [0.5, 0.6) is 0 Å². The van der Waals surface area contributed by atoms with Gasteiger partial charge in [-0.1, -0.05) is 32.9 Å². The number of thiazole rings is 1. The molecule has 3 N–H and O–H groups in total. The lowest BCUT2D eigenvalue weighted by molar-refractivity contribution is -0.129. The molecule has 0 saturated heterocycles. The van der Waals surface area contributed by atoms with Crippen molar-refractivity contribution in [1.29, 1.82) is 0 Å². The molecular formula is C17H22N3O4S2-. The van der Waals surface area contributed by atoms with Crippen molar-refractivity contribution >= 4 is 34.2 Å². The molecule has 0 spiro atoms. The summed E-state index contributed by atoms with van der Waals surface area (Å²) in [6, 6.07) is 6.58. The normalized spacial score (nSPS) is 13.9. The zero-order valence-electron chi connectivity index (χ0n) is 14.8. The first-order valence-electron chi connectivity index (χ1n) is 8.00. The summed E-state index contributed by atoms with van der Waals surface area (Å²) >= 11 is -0.983. The number of hydrogen-bond acceptors (Lipinski definition) is 6. The van der Waals surface area contributed by atoms with Gasteiger partial charge in [-0.3, -0.25) is 9.00 Å². The van der Waals surface area contributed by atoms with E-state index in [-0.39, 0.29) is 18.6 Å². The van der Waals surface area contributed by atoms with E-state index >= 15 is 0 Å². The third-order valence-corrected chi connectivity index (χ3v) is 5.02. The Morgan fingerprint density at radius 3 is 2.50 bits per heavy atom. The molecule has 142 valence electrons. The lowest BCUT2D eigenvalue weighted by Crippen LogP contribution is -2.38. The number of nitrogens with zero attached hydrogens (tertiary/aromatic N) is 1. The van der Waals surface area contributed by atoms with Crippen molar-refractivity contribution in [1.82, 2.24) is 10.3 Å². The van der Waals surface area contributed by atoms with Crippen molar-refractivity contribution in [2.45, 2.75) is 39.8 Å². The lowest BCUT2D eigenvalue weighted by Gasteiger charge is -2.23. The van der Waals surface area contributed by atoms with Crippen molar-refractivity contribution in [3.63, 3.8) is 0 Å². The molecule has 0 radical (unpaired) electrons. The number of aromatic nitrogens is 1. The lowest BCUT2D eigenvalue weighted by atomic mass is 9.94. The molecule has 1 unspecified atom stereocenters. The third-order valence-electron chi connectivity index (χ3n) is 3.61. The van der Waals surface area contributed by atoms with Gasteiger partial charge in [0.1, 0.15) is 5.01 Å². The Bertz CT molecular complexity index is 769. The standard InChI is InChI=1S/C17H23N3O4S2/c1-17(2,3)16(22)19-14(15-18-13(9-21)10-25-15)8-11-4-6-12(7-5-11)20-26(23)24/h4-7,10,14,20-21H,8-9H2,1-3H3,(H,19,22)(H,23,24)/p-1/t14-/m0/s1. The van der Waals surface area contributed by atoms with E-state index in [1.54, 1.807) is 29.6 Å². The fourth-order valence-electron chi connectivity index (χ4n) is 2.17. The van der Waals surface area contributed by atoms with Gasteiger partial charge < -0.3 is 19.7 Å². The molecule has 1 aromatic carbocycles. The van der Waals surface area contributed by atoms with Crippen LogP contribution in [0.4, 0.5) is 5.69 Å². The molecule has 9 heteroatoms. The van der Waals surface area contributed by atoms with Crippen LogP contribution in [0.25, 0.3) is 0 Å². The highest BCUT2D eigenvalue weighted by atomic mass is 32.2. The molecule has 1 aromatic heterocycles. The Balaban J connectivity index is 2.20. The average Bonchev–Trinajstić information content (AvgIpc) is 3.03. The molecule has 1 heterocycles. The molecule has 0 aliphatic heterocycles. The topological polar surface area (TPSA) is 114 Å². The number of aliphatic hydroxyl groups is 1. The number of hydrogen-bond donors (Lipinski definition) is 3. The molecular weight excluding hydrogens is 374 g/mol. The summed E-state index contributed by atoms with van der Waals surface area (Å²) in [6.07, 6.45) is 0.501. The molecule has 0 fully saturated rings. The quantitative estimate of drug-likeness (QED) is 0.621. The Morgan fingerprint density at radius 1 is 1.35 bits per heavy atom. The summed E-state index contributed by atoms with van der Waals surface area (Å²) in [6.45, 7) is 5.36. The Morgan fingerprint density at radius 2 is 2.00 bits per heavy atom. The highest BCUT2D eigenvalue weighted by Gasteiger charge is 2.26. The van der Waals surface area contributed by atoms with E-state index in [0.717, 1.165) is 10.6 Å². The summed E-state index contributed by atoms with van der Waals surface area (Å²) in [4.78, 5) is 16.8. The highest BCUT2D eigenvalue weighted by Crippen LogP contribution is 2.25. The van der Waals surface area contributed by atoms with Crippen LogP contribution in [0.1, 0.15) is 43.1 Å². The molecule has 1 amide bonds. The largest absolute Gasteiger partial charge is 0.755 e.